The number of benzene rings is 2. The van der Waals surface area contributed by atoms with E-state index in [9.17, 15) is 4.79 Å². The molecule has 180 valence electrons. The first kappa shape index (κ1) is 22.0. The van der Waals surface area contributed by atoms with Crippen LogP contribution in [-0.2, 0) is 6.42 Å². The van der Waals surface area contributed by atoms with Gasteiger partial charge in [-0.15, -0.1) is 0 Å². The molecule has 1 saturated carbocycles. The normalized spacial score (nSPS) is 16.1. The molecule has 3 heterocycles. The number of H-pyrrole nitrogens is 1. The molecule has 2 fully saturated rings. The Morgan fingerprint density at radius 3 is 2.46 bits per heavy atom. The van der Waals surface area contributed by atoms with Crippen LogP contribution in [0.4, 0.5) is 5.69 Å². The van der Waals surface area contributed by atoms with Gasteiger partial charge in [-0.1, -0.05) is 42.5 Å². The van der Waals surface area contributed by atoms with Crippen molar-refractivity contribution in [3.05, 3.63) is 81.8 Å². The largest absolute Gasteiger partial charge is 0.493 e. The summed E-state index contributed by atoms with van der Waals surface area (Å²) in [5, 5.41) is 4.87. The number of piperidine rings is 1. The summed E-state index contributed by atoms with van der Waals surface area (Å²) < 4.78 is 7.45. The lowest BCUT2D eigenvalue weighted by molar-refractivity contribution is 0.299. The molecule has 1 aliphatic heterocycles. The van der Waals surface area contributed by atoms with Gasteiger partial charge in [-0.2, -0.15) is 9.61 Å². The molecule has 1 saturated heterocycles. The number of hydrogen-bond acceptors (Lipinski definition) is 4. The van der Waals surface area contributed by atoms with E-state index < -0.39 is 0 Å². The molecule has 6 rings (SSSR count). The minimum Gasteiger partial charge on any atom is -0.493 e. The van der Waals surface area contributed by atoms with Gasteiger partial charge in [0.15, 0.2) is 5.65 Å². The minimum atomic E-state index is -0.0502. The number of fused-ring (bicyclic) bond motifs is 1. The Hall–Kier alpha value is -3.54. The molecule has 0 bridgehead atoms. The zero-order valence-corrected chi connectivity index (χ0v) is 20.3. The predicted molar refractivity (Wildman–Crippen MR) is 140 cm³/mol. The third-order valence-electron chi connectivity index (χ3n) is 7.28. The molecule has 1 N–H and O–H groups in total. The summed E-state index contributed by atoms with van der Waals surface area (Å²) in [7, 11) is 0. The van der Waals surface area contributed by atoms with Crippen LogP contribution < -0.4 is 15.2 Å². The quantitative estimate of drug-likeness (QED) is 0.396. The van der Waals surface area contributed by atoms with Crippen molar-refractivity contribution in [1.29, 1.82) is 0 Å². The molecule has 2 aliphatic rings. The van der Waals surface area contributed by atoms with E-state index in [0.717, 1.165) is 83.6 Å². The molecule has 1 aliphatic carbocycles. The summed E-state index contributed by atoms with van der Waals surface area (Å²) in [6.07, 6.45) is 6.68. The van der Waals surface area contributed by atoms with Gasteiger partial charge in [-0.05, 0) is 62.6 Å². The molecule has 35 heavy (non-hydrogen) atoms. The van der Waals surface area contributed by atoms with E-state index in [-0.39, 0.29) is 5.56 Å². The highest BCUT2D eigenvalue weighted by atomic mass is 16.5. The van der Waals surface area contributed by atoms with Gasteiger partial charge in [-0.25, -0.2) is 0 Å². The van der Waals surface area contributed by atoms with E-state index in [4.69, 9.17) is 9.84 Å². The van der Waals surface area contributed by atoms with Crippen LogP contribution in [0.25, 0.3) is 16.9 Å². The van der Waals surface area contributed by atoms with Crippen LogP contribution in [0.2, 0.25) is 0 Å². The number of ether oxygens (including phenoxy) is 1. The fourth-order valence-electron chi connectivity index (χ4n) is 5.03. The van der Waals surface area contributed by atoms with E-state index in [2.05, 4.69) is 34.1 Å². The molecule has 6 nitrogen and oxygen atoms in total. The fraction of sp³-hybridized carbons (Fsp3) is 0.379. The molecular weight excluding hydrogens is 436 g/mol. The highest BCUT2D eigenvalue weighted by molar-refractivity contribution is 5.86. The van der Waals surface area contributed by atoms with Gasteiger partial charge in [0.2, 0.25) is 0 Å². The Morgan fingerprint density at radius 1 is 1.00 bits per heavy atom. The first-order valence-corrected chi connectivity index (χ1v) is 12.8. The molecule has 0 atom stereocenters. The summed E-state index contributed by atoms with van der Waals surface area (Å²) in [5.74, 6) is 1.62. The molecule has 4 aromatic rings. The van der Waals surface area contributed by atoms with Crippen LogP contribution in [0.3, 0.4) is 0 Å². The number of nitrogens with one attached hydrogen (secondary N) is 1. The standard InChI is InChI=1S/C29H32N4O2/c1-20-25(18-21-12-14-24(15-13-21)35-19-22-10-11-22)29(34)33-28(30-20)27(32-16-6-3-7-17-32)26(31-33)23-8-4-2-5-9-23/h2,4-5,8-9,12-15,22,30H,3,6-7,10-11,16-19H2,1H3. The third kappa shape index (κ3) is 4.45. The van der Waals surface area contributed by atoms with Crippen LogP contribution >= 0.6 is 0 Å². The maximum Gasteiger partial charge on any atom is 0.278 e. The predicted octanol–water partition coefficient (Wildman–Crippen LogP) is 5.37. The molecule has 6 heteroatoms. The van der Waals surface area contributed by atoms with Gasteiger partial charge < -0.3 is 14.6 Å². The van der Waals surface area contributed by atoms with Crippen molar-refractivity contribution in [2.75, 3.05) is 24.6 Å². The molecule has 2 aromatic heterocycles. The Kier molecular flexibility index (Phi) is 5.80. The first-order valence-electron chi connectivity index (χ1n) is 12.8. The van der Waals surface area contributed by atoms with Gasteiger partial charge in [0.05, 0.1) is 6.61 Å². The zero-order chi connectivity index (χ0) is 23.8. The van der Waals surface area contributed by atoms with Crippen LogP contribution in [0, 0.1) is 12.8 Å². The second kappa shape index (κ2) is 9.25. The molecule has 2 aromatic carbocycles. The maximum absolute atomic E-state index is 13.7. The van der Waals surface area contributed by atoms with Crippen molar-refractivity contribution in [2.45, 2.75) is 45.4 Å². The molecule has 0 radical (unpaired) electrons. The van der Waals surface area contributed by atoms with Crippen LogP contribution in [-0.4, -0.2) is 34.3 Å². The summed E-state index contributed by atoms with van der Waals surface area (Å²) in [6, 6.07) is 18.3. The zero-order valence-electron chi connectivity index (χ0n) is 20.3. The summed E-state index contributed by atoms with van der Waals surface area (Å²) in [4.78, 5) is 19.7. The molecule has 0 amide bonds. The van der Waals surface area contributed by atoms with Gasteiger partial charge in [0, 0.05) is 36.3 Å². The van der Waals surface area contributed by atoms with Crippen LogP contribution in [0.15, 0.2) is 59.4 Å². The van der Waals surface area contributed by atoms with Crippen molar-refractivity contribution in [2.24, 2.45) is 5.92 Å². The lowest BCUT2D eigenvalue weighted by Crippen LogP contribution is -2.30. The third-order valence-corrected chi connectivity index (χ3v) is 7.28. The Bertz CT molecular complexity index is 1380. The van der Waals surface area contributed by atoms with Gasteiger partial charge in [0.25, 0.3) is 5.56 Å². The van der Waals surface area contributed by atoms with Crippen molar-refractivity contribution in [3.8, 4) is 17.0 Å². The topological polar surface area (TPSA) is 62.6 Å². The van der Waals surface area contributed by atoms with Crippen molar-refractivity contribution in [3.63, 3.8) is 0 Å². The van der Waals surface area contributed by atoms with Gasteiger partial charge >= 0.3 is 0 Å². The number of nitrogens with zero attached hydrogens (tertiary/aromatic N) is 3. The first-order chi connectivity index (χ1) is 17.2. The van der Waals surface area contributed by atoms with E-state index in [1.807, 2.05) is 37.3 Å². The average Bonchev–Trinajstić information content (AvgIpc) is 3.66. The Labute approximate surface area is 205 Å². The lowest BCUT2D eigenvalue weighted by Gasteiger charge is -2.28. The van der Waals surface area contributed by atoms with E-state index in [1.54, 1.807) is 4.52 Å². The smallest absolute Gasteiger partial charge is 0.278 e. The second-order valence-corrected chi connectivity index (χ2v) is 9.98. The van der Waals surface area contributed by atoms with E-state index >= 15 is 0 Å². The number of aryl methyl sites for hydroxylation is 1. The molecular formula is C29H32N4O2. The monoisotopic (exact) mass is 468 g/mol. The van der Waals surface area contributed by atoms with Gasteiger partial charge in [-0.3, -0.25) is 4.79 Å². The van der Waals surface area contributed by atoms with Crippen LogP contribution in [0.5, 0.6) is 5.75 Å². The number of anilines is 1. The van der Waals surface area contributed by atoms with Crippen molar-refractivity contribution < 1.29 is 4.74 Å². The molecule has 0 unspecified atom stereocenters. The van der Waals surface area contributed by atoms with E-state index in [0.29, 0.717) is 6.42 Å². The maximum atomic E-state index is 13.7. The Balaban J connectivity index is 1.37. The summed E-state index contributed by atoms with van der Waals surface area (Å²) in [6.45, 7) is 4.77. The molecule has 0 spiro atoms. The van der Waals surface area contributed by atoms with Crippen molar-refractivity contribution >= 4 is 11.3 Å². The second-order valence-electron chi connectivity index (χ2n) is 9.98. The number of rotatable bonds is 7. The SMILES string of the molecule is Cc1[nH]c2c(N3CCCCC3)c(-c3ccccc3)nn2c(=O)c1Cc1ccc(OCC2CC2)cc1. The number of aromatic amines is 1. The highest BCUT2D eigenvalue weighted by Gasteiger charge is 2.25. The van der Waals surface area contributed by atoms with Crippen molar-refractivity contribution in [1.82, 2.24) is 14.6 Å². The van der Waals surface area contributed by atoms with Crippen LogP contribution in [0.1, 0.15) is 48.9 Å². The number of hydrogen-bond donors (Lipinski definition) is 1. The fourth-order valence-corrected chi connectivity index (χ4v) is 5.03. The highest BCUT2D eigenvalue weighted by Crippen LogP contribution is 2.35. The minimum absolute atomic E-state index is 0.0502. The summed E-state index contributed by atoms with van der Waals surface area (Å²) >= 11 is 0. The van der Waals surface area contributed by atoms with Gasteiger partial charge in [0.1, 0.15) is 17.1 Å². The van der Waals surface area contributed by atoms with E-state index in [1.165, 1.54) is 19.3 Å². The summed E-state index contributed by atoms with van der Waals surface area (Å²) in [5.41, 5.74) is 6.42. The Morgan fingerprint density at radius 2 is 1.74 bits per heavy atom. The lowest BCUT2D eigenvalue weighted by atomic mass is 10.0. The number of aromatic nitrogens is 3. The average molecular weight is 469 g/mol.